The molecule has 1 aromatic carbocycles. The Morgan fingerprint density at radius 3 is 2.36 bits per heavy atom. The van der Waals surface area contributed by atoms with Crippen molar-refractivity contribution in [2.75, 3.05) is 15.8 Å². The zero-order valence-corrected chi connectivity index (χ0v) is 17.3. The maximum Gasteiger partial charge on any atom is 0.232 e. The largest absolute Gasteiger partial charge is 0.325 e. The van der Waals surface area contributed by atoms with Crippen molar-refractivity contribution in [1.82, 2.24) is 14.8 Å². The third kappa shape index (κ3) is 4.69. The van der Waals surface area contributed by atoms with Gasteiger partial charge in [0.25, 0.3) is 0 Å². The molecule has 0 fully saturated rings. The summed E-state index contributed by atoms with van der Waals surface area (Å²) in [4.78, 5) is 4.32. The number of hydrogen-bond acceptors (Lipinski definition) is 5. The summed E-state index contributed by atoms with van der Waals surface area (Å²) in [7, 11) is -3.29. The highest BCUT2D eigenvalue weighted by Crippen LogP contribution is 2.29. The molecule has 0 aliphatic carbocycles. The average molecular weight is 400 g/mol. The third-order valence-corrected chi connectivity index (χ3v) is 5.41. The van der Waals surface area contributed by atoms with Gasteiger partial charge in [-0.3, -0.25) is 4.72 Å². The van der Waals surface area contributed by atoms with E-state index in [2.05, 4.69) is 35.8 Å². The van der Waals surface area contributed by atoms with Crippen LogP contribution in [0, 0.1) is 0 Å². The Morgan fingerprint density at radius 1 is 1.07 bits per heavy atom. The number of aromatic nitrogens is 3. The van der Waals surface area contributed by atoms with Crippen molar-refractivity contribution in [2.45, 2.75) is 33.2 Å². The van der Waals surface area contributed by atoms with Gasteiger partial charge in [-0.2, -0.15) is 5.10 Å². The Balaban J connectivity index is 1.92. The second kappa shape index (κ2) is 7.63. The second-order valence-corrected chi connectivity index (χ2v) is 9.43. The molecule has 0 atom stereocenters. The fraction of sp³-hybridized carbons (Fsp3) is 0.300. The molecule has 2 heterocycles. The van der Waals surface area contributed by atoms with E-state index in [-0.39, 0.29) is 11.3 Å². The number of sulfonamides is 1. The van der Waals surface area contributed by atoms with E-state index in [9.17, 15) is 8.42 Å². The first-order valence-corrected chi connectivity index (χ1v) is 10.7. The summed E-state index contributed by atoms with van der Waals surface area (Å²) in [5.74, 6) is 1.61. The van der Waals surface area contributed by atoms with E-state index in [1.165, 1.54) is 0 Å². The average Bonchev–Trinajstić information content (AvgIpc) is 3.07. The van der Waals surface area contributed by atoms with Gasteiger partial charge in [0.15, 0.2) is 0 Å². The lowest BCUT2D eigenvalue weighted by Crippen LogP contribution is -2.24. The minimum Gasteiger partial charge on any atom is -0.325 e. The Hall–Kier alpha value is -2.87. The van der Waals surface area contributed by atoms with Gasteiger partial charge in [0.05, 0.1) is 17.0 Å². The Kier molecular flexibility index (Phi) is 5.42. The highest BCUT2D eigenvalue weighted by atomic mass is 32.2. The van der Waals surface area contributed by atoms with Crippen LogP contribution in [0.3, 0.4) is 0 Å². The first kappa shape index (κ1) is 19.9. The maximum absolute atomic E-state index is 11.7. The lowest BCUT2D eigenvalue weighted by molar-refractivity contribution is 0.362. The molecule has 2 aromatic heterocycles. The molecule has 148 valence electrons. The molecule has 0 bridgehead atoms. The molecule has 7 nitrogen and oxygen atoms in total. The number of pyridine rings is 1. The smallest absolute Gasteiger partial charge is 0.232 e. The highest BCUT2D eigenvalue weighted by Gasteiger charge is 2.20. The third-order valence-electron chi connectivity index (χ3n) is 4.10. The number of nitrogens with one attached hydrogen (secondary N) is 2. The molecule has 2 N–H and O–H groups in total. The lowest BCUT2D eigenvalue weighted by Gasteiger charge is -2.22. The van der Waals surface area contributed by atoms with Gasteiger partial charge in [-0.15, -0.1) is 0 Å². The number of nitrogens with zero attached hydrogens (tertiary/aromatic N) is 3. The molecule has 0 saturated heterocycles. The van der Waals surface area contributed by atoms with E-state index in [1.54, 1.807) is 25.3 Å². The first-order chi connectivity index (χ1) is 13.2. The molecular formula is C20H25N5O2S. The van der Waals surface area contributed by atoms with Gasteiger partial charge >= 0.3 is 0 Å². The van der Waals surface area contributed by atoms with E-state index >= 15 is 0 Å². The van der Waals surface area contributed by atoms with E-state index in [4.69, 9.17) is 5.10 Å². The van der Waals surface area contributed by atoms with Crippen molar-refractivity contribution < 1.29 is 8.42 Å². The summed E-state index contributed by atoms with van der Waals surface area (Å²) < 4.78 is 27.9. The molecular weight excluding hydrogens is 374 g/mol. The monoisotopic (exact) mass is 399 g/mol. The zero-order chi connectivity index (χ0) is 20.4. The summed E-state index contributed by atoms with van der Waals surface area (Å²) in [5, 5.41) is 8.07. The predicted molar refractivity (Wildman–Crippen MR) is 113 cm³/mol. The molecule has 0 unspecified atom stereocenters. The fourth-order valence-corrected chi connectivity index (χ4v) is 3.29. The van der Waals surface area contributed by atoms with Crippen LogP contribution >= 0.6 is 0 Å². The van der Waals surface area contributed by atoms with Crippen molar-refractivity contribution in [2.24, 2.45) is 0 Å². The maximum atomic E-state index is 11.7. The van der Waals surface area contributed by atoms with Crippen LogP contribution in [0.25, 0.3) is 11.3 Å². The minimum absolute atomic E-state index is 0.0350. The van der Waals surface area contributed by atoms with Gasteiger partial charge in [-0.25, -0.2) is 18.1 Å². The van der Waals surface area contributed by atoms with Crippen LogP contribution in [0.1, 0.15) is 27.7 Å². The second-order valence-electron chi connectivity index (χ2n) is 7.42. The molecule has 0 aliphatic rings. The molecule has 0 spiro atoms. The number of rotatable bonds is 6. The number of hydrogen-bond donors (Lipinski definition) is 2. The van der Waals surface area contributed by atoms with Gasteiger partial charge in [-0.05, 0) is 52.0 Å². The highest BCUT2D eigenvalue weighted by molar-refractivity contribution is 7.92. The first-order valence-electron chi connectivity index (χ1n) is 9.07. The van der Waals surface area contributed by atoms with Crippen LogP contribution in [0.4, 0.5) is 17.3 Å². The molecule has 3 rings (SSSR count). The van der Waals surface area contributed by atoms with Crippen molar-refractivity contribution >= 4 is 27.3 Å². The van der Waals surface area contributed by atoms with E-state index < -0.39 is 10.0 Å². The van der Waals surface area contributed by atoms with E-state index in [0.29, 0.717) is 5.69 Å². The number of benzene rings is 1. The number of anilines is 3. The van der Waals surface area contributed by atoms with Gasteiger partial charge < -0.3 is 5.32 Å². The normalized spacial score (nSPS) is 12.0. The lowest BCUT2D eigenvalue weighted by atomic mass is 10.1. The molecule has 0 amide bonds. The van der Waals surface area contributed by atoms with Crippen LogP contribution in [-0.2, 0) is 15.6 Å². The topological polar surface area (TPSA) is 88.9 Å². The minimum atomic E-state index is -3.29. The van der Waals surface area contributed by atoms with Crippen LogP contribution in [-0.4, -0.2) is 28.9 Å². The standard InChI is InChI=1S/C20H25N5O2S/c1-5-28(26,27)24-16-11-9-15(10-12-16)17-14-19(25(23-17)20(2,3)4)22-18-8-6-7-13-21-18/h6-14,24H,5H2,1-4H3,(H,21,22). The van der Waals surface area contributed by atoms with Crippen LogP contribution in [0.5, 0.6) is 0 Å². The van der Waals surface area contributed by atoms with Crippen LogP contribution in [0.15, 0.2) is 54.7 Å². The zero-order valence-electron chi connectivity index (χ0n) is 16.5. The molecule has 28 heavy (non-hydrogen) atoms. The van der Waals surface area contributed by atoms with E-state index in [0.717, 1.165) is 22.9 Å². The summed E-state index contributed by atoms with van der Waals surface area (Å²) in [6.07, 6.45) is 1.73. The Labute approximate surface area is 165 Å². The summed E-state index contributed by atoms with van der Waals surface area (Å²) >= 11 is 0. The van der Waals surface area contributed by atoms with Crippen molar-refractivity contribution in [3.63, 3.8) is 0 Å². The summed E-state index contributed by atoms with van der Waals surface area (Å²) in [6.45, 7) is 7.84. The Morgan fingerprint density at radius 2 is 1.79 bits per heavy atom. The van der Waals surface area contributed by atoms with Crippen molar-refractivity contribution in [3.8, 4) is 11.3 Å². The van der Waals surface area contributed by atoms with Gasteiger partial charge in [0, 0.05) is 23.5 Å². The van der Waals surface area contributed by atoms with Crippen LogP contribution in [0.2, 0.25) is 0 Å². The van der Waals surface area contributed by atoms with Gasteiger partial charge in [0.2, 0.25) is 10.0 Å². The van der Waals surface area contributed by atoms with Crippen LogP contribution < -0.4 is 10.0 Å². The van der Waals surface area contributed by atoms with Gasteiger partial charge in [0.1, 0.15) is 11.6 Å². The summed E-state index contributed by atoms with van der Waals surface area (Å²) in [5.41, 5.74) is 1.99. The predicted octanol–water partition coefficient (Wildman–Crippen LogP) is 4.21. The molecule has 0 saturated carbocycles. The SMILES string of the molecule is CCS(=O)(=O)Nc1ccc(-c2cc(Nc3ccccn3)n(C(C)(C)C)n2)cc1. The van der Waals surface area contributed by atoms with Gasteiger partial charge in [-0.1, -0.05) is 18.2 Å². The Bertz CT molecular complexity index is 1040. The molecule has 3 aromatic rings. The molecule has 0 aliphatic heterocycles. The van der Waals surface area contributed by atoms with E-state index in [1.807, 2.05) is 41.1 Å². The quantitative estimate of drug-likeness (QED) is 0.648. The molecule has 0 radical (unpaired) electrons. The molecule has 8 heteroatoms. The van der Waals surface area contributed by atoms with Crippen molar-refractivity contribution in [1.29, 1.82) is 0 Å². The van der Waals surface area contributed by atoms with Crippen molar-refractivity contribution in [3.05, 3.63) is 54.7 Å². The summed E-state index contributed by atoms with van der Waals surface area (Å²) in [6, 6.07) is 14.8. The fourth-order valence-electron chi connectivity index (χ4n) is 2.65.